The SMILES string of the molecule is CNC(C)c1csc(N2CCN(C)C(C)C2)n1. The van der Waals surface area contributed by atoms with Gasteiger partial charge in [-0.25, -0.2) is 4.98 Å². The number of rotatable bonds is 3. The predicted octanol–water partition coefficient (Wildman–Crippen LogP) is 1.56. The van der Waals surface area contributed by atoms with Crippen LogP contribution >= 0.6 is 11.3 Å². The summed E-state index contributed by atoms with van der Waals surface area (Å²) in [4.78, 5) is 9.54. The van der Waals surface area contributed by atoms with Crippen LogP contribution in [0.2, 0.25) is 0 Å². The highest BCUT2D eigenvalue weighted by Gasteiger charge is 2.23. The number of hydrogen-bond donors (Lipinski definition) is 1. The molecular formula is C12H22N4S. The van der Waals surface area contributed by atoms with Crippen LogP contribution in [0.5, 0.6) is 0 Å². The largest absolute Gasteiger partial charge is 0.345 e. The van der Waals surface area contributed by atoms with Crippen LogP contribution in [0.4, 0.5) is 5.13 Å². The first-order chi connectivity index (χ1) is 8.11. The molecule has 1 N–H and O–H groups in total. The Kier molecular flexibility index (Phi) is 4.01. The molecule has 0 aromatic carbocycles. The minimum atomic E-state index is 0.338. The minimum absolute atomic E-state index is 0.338. The standard InChI is InChI=1S/C12H22N4S/c1-9-7-16(6-5-15(9)4)12-14-11(8-17-12)10(2)13-3/h8-10,13H,5-7H2,1-4H3. The van der Waals surface area contributed by atoms with Crippen molar-refractivity contribution in [1.29, 1.82) is 0 Å². The van der Waals surface area contributed by atoms with E-state index in [1.807, 2.05) is 7.05 Å². The van der Waals surface area contributed by atoms with Crippen molar-refractivity contribution in [3.63, 3.8) is 0 Å². The highest BCUT2D eigenvalue weighted by molar-refractivity contribution is 7.13. The van der Waals surface area contributed by atoms with E-state index in [9.17, 15) is 0 Å². The number of thiazole rings is 1. The second kappa shape index (κ2) is 5.33. The van der Waals surface area contributed by atoms with Crippen molar-refractivity contribution in [2.24, 2.45) is 0 Å². The molecule has 2 rings (SSSR count). The van der Waals surface area contributed by atoms with E-state index in [1.165, 1.54) is 5.13 Å². The number of nitrogens with one attached hydrogen (secondary N) is 1. The first-order valence-electron chi connectivity index (χ1n) is 6.19. The van der Waals surface area contributed by atoms with Crippen LogP contribution in [0.15, 0.2) is 5.38 Å². The molecule has 0 saturated carbocycles. The number of hydrogen-bond acceptors (Lipinski definition) is 5. The van der Waals surface area contributed by atoms with Gasteiger partial charge >= 0.3 is 0 Å². The van der Waals surface area contributed by atoms with Gasteiger partial charge in [-0.3, -0.25) is 0 Å². The van der Waals surface area contributed by atoms with E-state index < -0.39 is 0 Å². The van der Waals surface area contributed by atoms with E-state index >= 15 is 0 Å². The van der Waals surface area contributed by atoms with Crippen LogP contribution in [0.25, 0.3) is 0 Å². The van der Waals surface area contributed by atoms with Gasteiger partial charge in [-0.15, -0.1) is 11.3 Å². The predicted molar refractivity (Wildman–Crippen MR) is 73.9 cm³/mol. The minimum Gasteiger partial charge on any atom is -0.345 e. The highest BCUT2D eigenvalue weighted by Crippen LogP contribution is 2.25. The van der Waals surface area contributed by atoms with E-state index in [4.69, 9.17) is 4.98 Å². The quantitative estimate of drug-likeness (QED) is 0.887. The maximum atomic E-state index is 4.73. The molecule has 1 aliphatic heterocycles. The molecule has 2 heterocycles. The Hall–Kier alpha value is -0.650. The number of piperazine rings is 1. The van der Waals surface area contributed by atoms with E-state index in [2.05, 4.69) is 41.4 Å². The molecule has 1 aromatic rings. The van der Waals surface area contributed by atoms with Gasteiger partial charge in [0.1, 0.15) is 0 Å². The van der Waals surface area contributed by atoms with E-state index in [0.29, 0.717) is 12.1 Å². The van der Waals surface area contributed by atoms with Gasteiger partial charge in [0, 0.05) is 37.1 Å². The van der Waals surface area contributed by atoms with Crippen LogP contribution in [-0.2, 0) is 0 Å². The Morgan fingerprint density at radius 1 is 1.53 bits per heavy atom. The Morgan fingerprint density at radius 3 is 2.94 bits per heavy atom. The van der Waals surface area contributed by atoms with Gasteiger partial charge in [-0.05, 0) is 27.9 Å². The summed E-state index contributed by atoms with van der Waals surface area (Å²) in [7, 11) is 4.17. The lowest BCUT2D eigenvalue weighted by molar-refractivity contribution is 0.234. The maximum absolute atomic E-state index is 4.73. The van der Waals surface area contributed by atoms with Crippen molar-refractivity contribution in [1.82, 2.24) is 15.2 Å². The molecule has 2 unspecified atom stereocenters. The maximum Gasteiger partial charge on any atom is 0.185 e. The Balaban J connectivity index is 2.05. The molecule has 4 nitrogen and oxygen atoms in total. The third-order valence-corrected chi connectivity index (χ3v) is 4.54. The van der Waals surface area contributed by atoms with E-state index in [1.54, 1.807) is 11.3 Å². The summed E-state index contributed by atoms with van der Waals surface area (Å²) in [6.07, 6.45) is 0. The third-order valence-electron chi connectivity index (χ3n) is 3.62. The zero-order valence-corrected chi connectivity index (χ0v) is 11.9. The molecule has 5 heteroatoms. The van der Waals surface area contributed by atoms with Crippen molar-refractivity contribution < 1.29 is 0 Å². The van der Waals surface area contributed by atoms with Gasteiger partial charge in [0.05, 0.1) is 5.69 Å². The fourth-order valence-corrected chi connectivity index (χ4v) is 2.95. The monoisotopic (exact) mass is 254 g/mol. The number of anilines is 1. The summed E-state index contributed by atoms with van der Waals surface area (Å²) in [6, 6.07) is 0.947. The molecule has 0 aliphatic carbocycles. The molecule has 1 aliphatic rings. The highest BCUT2D eigenvalue weighted by atomic mass is 32.1. The van der Waals surface area contributed by atoms with Crippen molar-refractivity contribution in [2.75, 3.05) is 38.6 Å². The van der Waals surface area contributed by atoms with E-state index in [-0.39, 0.29) is 0 Å². The molecule has 2 atom stereocenters. The lowest BCUT2D eigenvalue weighted by atomic mass is 10.2. The Morgan fingerprint density at radius 2 is 2.29 bits per heavy atom. The smallest absolute Gasteiger partial charge is 0.185 e. The fraction of sp³-hybridized carbons (Fsp3) is 0.750. The number of nitrogens with zero attached hydrogens (tertiary/aromatic N) is 3. The Bertz CT molecular complexity index is 365. The lowest BCUT2D eigenvalue weighted by Gasteiger charge is -2.37. The summed E-state index contributed by atoms with van der Waals surface area (Å²) in [5.41, 5.74) is 1.15. The average Bonchev–Trinajstić information content (AvgIpc) is 2.81. The van der Waals surface area contributed by atoms with E-state index in [0.717, 1.165) is 25.3 Å². The molecule has 1 aromatic heterocycles. The number of likely N-dealkylation sites (N-methyl/N-ethyl adjacent to an activating group) is 1. The van der Waals surface area contributed by atoms with Crippen molar-refractivity contribution >= 4 is 16.5 Å². The summed E-state index contributed by atoms with van der Waals surface area (Å²) < 4.78 is 0. The van der Waals surface area contributed by atoms with Gasteiger partial charge in [0.15, 0.2) is 5.13 Å². The second-order valence-corrected chi connectivity index (χ2v) is 5.68. The normalized spacial score (nSPS) is 24.0. The molecule has 0 radical (unpaired) electrons. The molecule has 0 spiro atoms. The van der Waals surface area contributed by atoms with Crippen LogP contribution < -0.4 is 10.2 Å². The molecule has 0 amide bonds. The van der Waals surface area contributed by atoms with Crippen LogP contribution in [0.1, 0.15) is 25.6 Å². The third kappa shape index (κ3) is 2.78. The molecule has 96 valence electrons. The first-order valence-corrected chi connectivity index (χ1v) is 7.07. The molecule has 1 fully saturated rings. The van der Waals surface area contributed by atoms with Crippen molar-refractivity contribution in [2.45, 2.75) is 25.9 Å². The second-order valence-electron chi connectivity index (χ2n) is 4.84. The van der Waals surface area contributed by atoms with Gasteiger partial charge in [0.25, 0.3) is 0 Å². The van der Waals surface area contributed by atoms with Crippen LogP contribution in [0.3, 0.4) is 0 Å². The molecule has 1 saturated heterocycles. The van der Waals surface area contributed by atoms with Crippen LogP contribution in [0, 0.1) is 0 Å². The molecule has 17 heavy (non-hydrogen) atoms. The number of aromatic nitrogens is 1. The van der Waals surface area contributed by atoms with Gasteiger partial charge in [-0.2, -0.15) is 0 Å². The van der Waals surface area contributed by atoms with Gasteiger partial charge < -0.3 is 15.1 Å². The van der Waals surface area contributed by atoms with Gasteiger partial charge in [-0.1, -0.05) is 0 Å². The Labute approximate surface area is 108 Å². The topological polar surface area (TPSA) is 31.4 Å². The summed E-state index contributed by atoms with van der Waals surface area (Å²) in [5.74, 6) is 0. The first kappa shape index (κ1) is 12.8. The lowest BCUT2D eigenvalue weighted by Crippen LogP contribution is -2.50. The zero-order chi connectivity index (χ0) is 12.4. The fourth-order valence-electron chi connectivity index (χ4n) is 1.99. The van der Waals surface area contributed by atoms with Crippen molar-refractivity contribution in [3.05, 3.63) is 11.1 Å². The average molecular weight is 254 g/mol. The zero-order valence-electron chi connectivity index (χ0n) is 11.1. The summed E-state index contributed by atoms with van der Waals surface area (Å²) in [6.45, 7) is 7.71. The molecule has 0 bridgehead atoms. The van der Waals surface area contributed by atoms with Gasteiger partial charge in [0.2, 0.25) is 0 Å². The van der Waals surface area contributed by atoms with Crippen LogP contribution in [-0.4, -0.2) is 49.7 Å². The van der Waals surface area contributed by atoms with Crippen molar-refractivity contribution in [3.8, 4) is 0 Å². The summed E-state index contributed by atoms with van der Waals surface area (Å²) >= 11 is 1.76. The summed E-state index contributed by atoms with van der Waals surface area (Å²) in [5, 5.41) is 6.57. The molecular weight excluding hydrogens is 232 g/mol.